The van der Waals surface area contributed by atoms with Crippen LogP contribution in [0.15, 0.2) is 76.9 Å². The summed E-state index contributed by atoms with van der Waals surface area (Å²) in [5, 5.41) is 22.5. The highest BCUT2D eigenvalue weighted by atomic mass is 35.5. The predicted molar refractivity (Wildman–Crippen MR) is 190 cm³/mol. The van der Waals surface area contributed by atoms with E-state index in [1.165, 1.54) is 39.2 Å². The number of Topliss-reactive ketones (excluding diaryl/α,β-unsaturated/α-hetero) is 2. The van der Waals surface area contributed by atoms with Crippen molar-refractivity contribution in [2.45, 2.75) is 48.8 Å². The molecular weight excluding hydrogens is 696 g/mol. The van der Waals surface area contributed by atoms with Gasteiger partial charge in [0.15, 0.2) is 28.9 Å². The molecule has 4 atom stereocenters. The van der Waals surface area contributed by atoms with Crippen molar-refractivity contribution >= 4 is 40.8 Å². The maximum Gasteiger partial charge on any atom is 0.231 e. The number of carbonyl (C=O) groups is 3. The van der Waals surface area contributed by atoms with Gasteiger partial charge in [-0.25, -0.2) is 4.98 Å². The van der Waals surface area contributed by atoms with E-state index < -0.39 is 46.7 Å². The highest BCUT2D eigenvalue weighted by Crippen LogP contribution is 2.55. The van der Waals surface area contributed by atoms with E-state index in [1.807, 2.05) is 48.7 Å². The summed E-state index contributed by atoms with van der Waals surface area (Å²) in [5.74, 6) is -2.72. The van der Waals surface area contributed by atoms with Gasteiger partial charge in [-0.1, -0.05) is 61.0 Å². The maximum absolute atomic E-state index is 14.4. The fraction of sp³-hybridized carbons (Fsp3) is 0.324. The Kier molecular flexibility index (Phi) is 10.4. The number of aliphatic hydroxyl groups is 1. The van der Waals surface area contributed by atoms with Crippen LogP contribution in [0.1, 0.15) is 64.9 Å². The molecule has 3 aromatic carbocycles. The van der Waals surface area contributed by atoms with Crippen LogP contribution in [-0.4, -0.2) is 70.9 Å². The van der Waals surface area contributed by atoms with Crippen LogP contribution in [0.4, 0.5) is 0 Å². The van der Waals surface area contributed by atoms with Crippen molar-refractivity contribution in [1.82, 2.24) is 20.5 Å². The predicted octanol–water partition coefficient (Wildman–Crippen LogP) is 6.16. The maximum atomic E-state index is 14.4. The smallest absolute Gasteiger partial charge is 0.231 e. The van der Waals surface area contributed by atoms with E-state index in [4.69, 9.17) is 30.5 Å². The van der Waals surface area contributed by atoms with Crippen molar-refractivity contribution in [2.24, 2.45) is 5.92 Å². The molecule has 0 fully saturated rings. The van der Waals surface area contributed by atoms with Crippen molar-refractivity contribution in [3.05, 3.63) is 105 Å². The number of ketones is 2. The minimum Gasteiger partial charge on any atom is -0.507 e. The molecule has 1 amide bonds. The van der Waals surface area contributed by atoms with Crippen molar-refractivity contribution in [2.75, 3.05) is 27.6 Å². The van der Waals surface area contributed by atoms with Crippen LogP contribution in [-0.2, 0) is 20.9 Å². The largest absolute Gasteiger partial charge is 0.507 e. The number of fused-ring (bicyclic) bond motifs is 1. The van der Waals surface area contributed by atoms with Crippen LogP contribution < -0.4 is 19.5 Å². The van der Waals surface area contributed by atoms with Gasteiger partial charge in [0, 0.05) is 48.3 Å². The number of aromatic amines is 1. The zero-order valence-electron chi connectivity index (χ0n) is 28.6. The number of carbonyl (C=O) groups excluding carboxylic acids is 3. The summed E-state index contributed by atoms with van der Waals surface area (Å²) < 4.78 is 22.4. The molecule has 51 heavy (non-hydrogen) atoms. The molecule has 0 saturated carbocycles. The number of halogens is 1. The van der Waals surface area contributed by atoms with Gasteiger partial charge in [-0.2, -0.15) is 5.10 Å². The fourth-order valence-corrected chi connectivity index (χ4v) is 7.42. The number of rotatable bonds is 12. The zero-order chi connectivity index (χ0) is 36.4. The van der Waals surface area contributed by atoms with Crippen molar-refractivity contribution in [3.8, 4) is 17.2 Å². The van der Waals surface area contributed by atoms with Crippen molar-refractivity contribution < 1.29 is 38.4 Å². The quantitative estimate of drug-likeness (QED) is 0.143. The Morgan fingerprint density at radius 1 is 1.10 bits per heavy atom. The molecular formula is C37H37ClN4O8S. The lowest BCUT2D eigenvalue weighted by atomic mass is 9.69. The van der Waals surface area contributed by atoms with E-state index in [0.29, 0.717) is 17.2 Å². The molecule has 3 N–H and O–H groups in total. The highest BCUT2D eigenvalue weighted by Gasteiger charge is 2.61. The summed E-state index contributed by atoms with van der Waals surface area (Å²) >= 11 is 8.17. The summed E-state index contributed by atoms with van der Waals surface area (Å²) in [6.07, 6.45) is 1.51. The molecule has 1 aliphatic heterocycles. The molecule has 2 unspecified atom stereocenters. The molecule has 0 saturated heterocycles. The van der Waals surface area contributed by atoms with E-state index >= 15 is 0 Å². The molecule has 0 bridgehead atoms. The molecule has 4 aromatic rings. The van der Waals surface area contributed by atoms with Crippen LogP contribution >= 0.6 is 23.4 Å². The average Bonchev–Trinajstić information content (AvgIpc) is 3.73. The van der Waals surface area contributed by atoms with E-state index in [-0.39, 0.29) is 52.9 Å². The van der Waals surface area contributed by atoms with E-state index in [2.05, 4.69) is 20.5 Å². The van der Waals surface area contributed by atoms with E-state index in [0.717, 1.165) is 10.5 Å². The van der Waals surface area contributed by atoms with Crippen LogP contribution in [0.2, 0.25) is 5.02 Å². The summed E-state index contributed by atoms with van der Waals surface area (Å²) in [5.41, 5.74) is -0.771. The molecule has 14 heteroatoms. The minimum atomic E-state index is -2.01. The van der Waals surface area contributed by atoms with Crippen LogP contribution in [0.25, 0.3) is 0 Å². The molecule has 1 spiro atoms. The number of H-pyrrole nitrogens is 1. The summed E-state index contributed by atoms with van der Waals surface area (Å²) in [6.45, 7) is 1.85. The minimum absolute atomic E-state index is 0.0198. The van der Waals surface area contributed by atoms with Crippen LogP contribution in [0, 0.1) is 5.92 Å². The Bertz CT molecular complexity index is 2000. The lowest BCUT2D eigenvalue weighted by Gasteiger charge is -2.38. The Hall–Kier alpha value is -4.85. The van der Waals surface area contributed by atoms with Gasteiger partial charge in [-0.3, -0.25) is 19.5 Å². The number of hydrogen-bond donors (Lipinski definition) is 3. The van der Waals surface area contributed by atoms with Gasteiger partial charge in [-0.05, 0) is 29.5 Å². The first-order valence-corrected chi connectivity index (χ1v) is 17.7. The number of aromatic nitrogens is 3. The Labute approximate surface area is 303 Å². The van der Waals surface area contributed by atoms with Crippen LogP contribution in [0.5, 0.6) is 17.2 Å². The number of hydrogen-bond acceptors (Lipinski definition) is 11. The summed E-state index contributed by atoms with van der Waals surface area (Å²) in [7, 11) is 4.34. The number of ether oxygens (including phenoxy) is 4. The van der Waals surface area contributed by atoms with E-state index in [9.17, 15) is 19.5 Å². The van der Waals surface area contributed by atoms with Gasteiger partial charge in [-0.15, -0.1) is 11.8 Å². The lowest BCUT2D eigenvalue weighted by Crippen LogP contribution is -2.53. The number of thioether (sulfide) groups is 1. The second kappa shape index (κ2) is 14.8. The van der Waals surface area contributed by atoms with Gasteiger partial charge in [0.05, 0.1) is 14.2 Å². The normalized spacial score (nSPS) is 19.5. The number of benzene rings is 3. The van der Waals surface area contributed by atoms with Gasteiger partial charge in [0.1, 0.15) is 34.7 Å². The van der Waals surface area contributed by atoms with Gasteiger partial charge < -0.3 is 29.4 Å². The zero-order valence-corrected chi connectivity index (χ0v) is 30.2. The third-order valence-electron chi connectivity index (χ3n) is 9.29. The fourth-order valence-electron chi connectivity index (χ4n) is 6.75. The Balaban J connectivity index is 1.44. The van der Waals surface area contributed by atoms with Gasteiger partial charge in [0.25, 0.3) is 0 Å². The number of aliphatic hydroxyl groups excluding tert-OH is 1. The average molecular weight is 733 g/mol. The monoisotopic (exact) mass is 732 g/mol. The molecule has 2 heterocycles. The first-order chi connectivity index (χ1) is 24.6. The summed E-state index contributed by atoms with van der Waals surface area (Å²) in [6, 6.07) is 17.3. The van der Waals surface area contributed by atoms with Gasteiger partial charge in [0.2, 0.25) is 17.3 Å². The first-order valence-electron chi connectivity index (χ1n) is 16.1. The highest BCUT2D eigenvalue weighted by molar-refractivity contribution is 7.98. The van der Waals surface area contributed by atoms with Crippen molar-refractivity contribution in [1.29, 1.82) is 0 Å². The van der Waals surface area contributed by atoms with E-state index in [1.54, 1.807) is 19.1 Å². The second-order valence-corrected chi connectivity index (χ2v) is 13.5. The number of nitrogens with zero attached hydrogens (tertiary/aromatic N) is 2. The number of nitrogens with one attached hydrogen (secondary N) is 2. The molecule has 6 rings (SSSR count). The molecule has 266 valence electrons. The molecule has 1 aromatic heterocycles. The van der Waals surface area contributed by atoms with Crippen LogP contribution in [0.3, 0.4) is 0 Å². The molecule has 12 nitrogen and oxygen atoms in total. The third kappa shape index (κ3) is 6.45. The molecule has 0 radical (unpaired) electrons. The number of amides is 1. The first kappa shape index (κ1) is 36.0. The molecule has 2 aliphatic rings. The Morgan fingerprint density at radius 2 is 1.80 bits per heavy atom. The Morgan fingerprint density at radius 3 is 2.45 bits per heavy atom. The van der Waals surface area contributed by atoms with Crippen molar-refractivity contribution in [3.63, 3.8) is 0 Å². The molecule has 1 aliphatic carbocycles. The number of methoxy groups -OCH3 is 3. The SMILES string of the molecule is COCc1nc(C(NC(=O)CC(C2=C(O)[C@@]3(Oc4c(Cl)c(OC)cc(OC)c4C3=O)[C@H](C)CC2=O)c2ccc(SC)cc2)c2ccccc2)n[nH]1. The summed E-state index contributed by atoms with van der Waals surface area (Å²) in [4.78, 5) is 48.1. The lowest BCUT2D eigenvalue weighted by molar-refractivity contribution is -0.122. The van der Waals surface area contributed by atoms with Gasteiger partial charge >= 0.3 is 0 Å². The topological polar surface area (TPSA) is 162 Å². The third-order valence-corrected chi connectivity index (χ3v) is 10.4. The number of allylic oxidation sites excluding steroid dienone is 1. The standard InChI is InChI=1S/C37H37ClN4O8S/c1-19-15-24(43)29(34(45)37(19)35(46)30-25(48-3)17-26(49-4)31(38)33(30)50-37)23(20-11-13-22(51-5)14-12-20)16-28(44)40-32(21-9-7-6-8-10-21)36-39-27(18-47-2)41-42-36/h6-14,17,19,23,32,45H,15-16,18H2,1-5H3,(H,40,44)(H,39,41,42)/t19-,23?,32?,37+/m1/s1. The second-order valence-electron chi connectivity index (χ2n) is 12.3.